The van der Waals surface area contributed by atoms with Gasteiger partial charge in [-0.05, 0) is 43.7 Å². The van der Waals surface area contributed by atoms with Gasteiger partial charge >= 0.3 is 0 Å². The molecule has 0 atom stereocenters. The summed E-state index contributed by atoms with van der Waals surface area (Å²) in [6.07, 6.45) is 0.320. The zero-order valence-electron chi connectivity index (χ0n) is 16.2. The van der Waals surface area contributed by atoms with Crippen LogP contribution >= 0.6 is 22.7 Å². The topological polar surface area (TPSA) is 51.7 Å². The Labute approximate surface area is 172 Å². The predicted octanol–water partition coefficient (Wildman–Crippen LogP) is 4.46. The van der Waals surface area contributed by atoms with Crippen LogP contribution in [0.2, 0.25) is 0 Å². The lowest BCUT2D eigenvalue weighted by Gasteiger charge is -2.20. The summed E-state index contributed by atoms with van der Waals surface area (Å²) < 4.78 is 11.6. The fraction of sp³-hybridized carbons (Fsp3) is 0.333. The lowest BCUT2D eigenvalue weighted by molar-refractivity contribution is -0.131. The maximum Gasteiger partial charge on any atom is 0.229 e. The first kappa shape index (κ1) is 19.0. The van der Waals surface area contributed by atoms with Crippen molar-refractivity contribution in [2.24, 2.45) is 0 Å². The second-order valence-corrected chi connectivity index (χ2v) is 9.13. The van der Waals surface area contributed by atoms with Gasteiger partial charge in [-0.3, -0.25) is 4.79 Å². The molecule has 1 amide bonds. The van der Waals surface area contributed by atoms with E-state index in [2.05, 4.69) is 30.1 Å². The van der Waals surface area contributed by atoms with Gasteiger partial charge in [0.1, 0.15) is 6.61 Å². The third-order valence-corrected chi connectivity index (χ3v) is 6.57. The standard InChI is InChI=1S/C21H22N2O3S2/c1-13-4-5-19(28-13)15-8-16-11-23(6-7-26-21(16)18(9-15)25-3)20(24)10-17-12-27-14(2)22-17/h4-5,8-9,12H,6-7,10-11H2,1-3H3. The van der Waals surface area contributed by atoms with Crippen molar-refractivity contribution >= 4 is 28.6 Å². The number of thiazole rings is 1. The zero-order chi connectivity index (χ0) is 19.7. The highest BCUT2D eigenvalue weighted by Gasteiger charge is 2.24. The Morgan fingerprint density at radius 1 is 1.32 bits per heavy atom. The maximum atomic E-state index is 12.9. The molecule has 0 spiro atoms. The van der Waals surface area contributed by atoms with E-state index in [0.29, 0.717) is 31.9 Å². The van der Waals surface area contributed by atoms with E-state index in [-0.39, 0.29) is 5.91 Å². The SMILES string of the molecule is COc1cc(-c2ccc(C)s2)cc2c1OCCN(C(=O)Cc1csc(C)n1)C2. The molecule has 0 saturated carbocycles. The number of carbonyl (C=O) groups excluding carboxylic acids is 1. The predicted molar refractivity (Wildman–Crippen MR) is 113 cm³/mol. The lowest BCUT2D eigenvalue weighted by Crippen LogP contribution is -2.33. The first-order valence-electron chi connectivity index (χ1n) is 9.13. The van der Waals surface area contributed by atoms with E-state index in [0.717, 1.165) is 27.6 Å². The number of nitrogens with zero attached hydrogens (tertiary/aromatic N) is 2. The van der Waals surface area contributed by atoms with Crippen LogP contribution in [0.15, 0.2) is 29.6 Å². The Morgan fingerprint density at radius 3 is 2.86 bits per heavy atom. The molecule has 1 aliphatic heterocycles. The molecule has 0 N–H and O–H groups in total. The molecule has 3 heterocycles. The first-order chi connectivity index (χ1) is 13.5. The second kappa shape index (κ2) is 7.93. The minimum Gasteiger partial charge on any atom is -0.493 e. The van der Waals surface area contributed by atoms with Crippen LogP contribution in [0.3, 0.4) is 0 Å². The lowest BCUT2D eigenvalue weighted by atomic mass is 10.1. The van der Waals surface area contributed by atoms with Gasteiger partial charge in [0, 0.05) is 27.2 Å². The highest BCUT2D eigenvalue weighted by Crippen LogP contribution is 2.40. The van der Waals surface area contributed by atoms with Gasteiger partial charge in [0.25, 0.3) is 0 Å². The Balaban J connectivity index is 1.63. The Hall–Kier alpha value is -2.38. The van der Waals surface area contributed by atoms with E-state index < -0.39 is 0 Å². The van der Waals surface area contributed by atoms with E-state index in [1.807, 2.05) is 23.3 Å². The van der Waals surface area contributed by atoms with Crippen LogP contribution in [-0.4, -0.2) is 36.1 Å². The average Bonchev–Trinajstić information content (AvgIpc) is 3.22. The number of thiophene rings is 1. The summed E-state index contributed by atoms with van der Waals surface area (Å²) in [6, 6.07) is 8.36. The van der Waals surface area contributed by atoms with Crippen molar-refractivity contribution in [1.29, 1.82) is 0 Å². The summed E-state index contributed by atoms with van der Waals surface area (Å²) in [5.74, 6) is 1.51. The number of fused-ring (bicyclic) bond motifs is 1. The molecule has 0 bridgehead atoms. The highest BCUT2D eigenvalue weighted by molar-refractivity contribution is 7.15. The third kappa shape index (κ3) is 3.91. The molecule has 7 heteroatoms. The van der Waals surface area contributed by atoms with E-state index in [1.54, 1.807) is 29.8 Å². The molecule has 28 heavy (non-hydrogen) atoms. The second-order valence-electron chi connectivity index (χ2n) is 6.78. The smallest absolute Gasteiger partial charge is 0.229 e. The molecule has 0 fully saturated rings. The van der Waals surface area contributed by atoms with Crippen molar-refractivity contribution in [1.82, 2.24) is 9.88 Å². The van der Waals surface area contributed by atoms with Gasteiger partial charge in [-0.1, -0.05) is 0 Å². The molecule has 0 radical (unpaired) electrons. The van der Waals surface area contributed by atoms with E-state index in [4.69, 9.17) is 9.47 Å². The third-order valence-electron chi connectivity index (χ3n) is 4.70. The number of aryl methyl sites for hydroxylation is 2. The summed E-state index contributed by atoms with van der Waals surface area (Å²) in [5, 5.41) is 2.93. The van der Waals surface area contributed by atoms with Gasteiger partial charge in [0.05, 0.1) is 30.8 Å². The van der Waals surface area contributed by atoms with Gasteiger partial charge in [-0.25, -0.2) is 4.98 Å². The molecule has 1 aliphatic rings. The molecular formula is C21H22N2O3S2. The normalized spacial score (nSPS) is 13.6. The van der Waals surface area contributed by atoms with Crippen LogP contribution in [-0.2, 0) is 17.8 Å². The number of ether oxygens (including phenoxy) is 2. The van der Waals surface area contributed by atoms with Crippen LogP contribution in [0.5, 0.6) is 11.5 Å². The van der Waals surface area contributed by atoms with E-state index >= 15 is 0 Å². The van der Waals surface area contributed by atoms with Crippen LogP contribution in [0.25, 0.3) is 10.4 Å². The van der Waals surface area contributed by atoms with Crippen LogP contribution in [0.1, 0.15) is 21.1 Å². The van der Waals surface area contributed by atoms with Gasteiger partial charge in [-0.15, -0.1) is 22.7 Å². The minimum atomic E-state index is 0.0677. The number of hydrogen-bond acceptors (Lipinski definition) is 6. The number of hydrogen-bond donors (Lipinski definition) is 0. The van der Waals surface area contributed by atoms with Gasteiger partial charge < -0.3 is 14.4 Å². The molecule has 0 unspecified atom stereocenters. The Morgan fingerprint density at radius 2 is 2.18 bits per heavy atom. The quantitative estimate of drug-likeness (QED) is 0.632. The monoisotopic (exact) mass is 414 g/mol. The van der Waals surface area contributed by atoms with Crippen molar-refractivity contribution in [3.05, 3.63) is 50.8 Å². The van der Waals surface area contributed by atoms with Gasteiger partial charge in [0.2, 0.25) is 5.91 Å². The number of amides is 1. The average molecular weight is 415 g/mol. The zero-order valence-corrected chi connectivity index (χ0v) is 17.8. The van der Waals surface area contributed by atoms with E-state index in [9.17, 15) is 4.79 Å². The summed E-state index contributed by atoms with van der Waals surface area (Å²) in [6.45, 7) is 5.55. The summed E-state index contributed by atoms with van der Waals surface area (Å²) in [4.78, 5) is 21.6. The maximum absolute atomic E-state index is 12.9. The van der Waals surface area contributed by atoms with Crippen LogP contribution in [0.4, 0.5) is 0 Å². The minimum absolute atomic E-state index is 0.0677. The molecule has 1 aromatic carbocycles. The molecule has 3 aromatic rings. The van der Waals surface area contributed by atoms with Gasteiger partial charge in [0.15, 0.2) is 11.5 Å². The van der Waals surface area contributed by atoms with Crippen LogP contribution < -0.4 is 9.47 Å². The van der Waals surface area contributed by atoms with Crippen molar-refractivity contribution in [3.63, 3.8) is 0 Å². The molecule has 2 aromatic heterocycles. The van der Waals surface area contributed by atoms with Crippen molar-refractivity contribution in [2.45, 2.75) is 26.8 Å². The first-order valence-corrected chi connectivity index (χ1v) is 10.8. The molecule has 5 nitrogen and oxygen atoms in total. The number of aromatic nitrogens is 1. The fourth-order valence-electron chi connectivity index (χ4n) is 3.34. The summed E-state index contributed by atoms with van der Waals surface area (Å²) in [7, 11) is 1.65. The summed E-state index contributed by atoms with van der Waals surface area (Å²) >= 11 is 3.31. The fourth-order valence-corrected chi connectivity index (χ4v) is 4.80. The molecule has 4 rings (SSSR count). The number of rotatable bonds is 4. The van der Waals surface area contributed by atoms with Gasteiger partial charge in [-0.2, -0.15) is 0 Å². The largest absolute Gasteiger partial charge is 0.493 e. The van der Waals surface area contributed by atoms with Crippen molar-refractivity contribution in [3.8, 4) is 21.9 Å². The summed E-state index contributed by atoms with van der Waals surface area (Å²) in [5.41, 5.74) is 2.89. The molecule has 0 saturated heterocycles. The van der Waals surface area contributed by atoms with Crippen LogP contribution in [0, 0.1) is 13.8 Å². The Kier molecular flexibility index (Phi) is 5.37. The van der Waals surface area contributed by atoms with Crippen molar-refractivity contribution in [2.75, 3.05) is 20.3 Å². The molecule has 0 aliphatic carbocycles. The number of carbonyl (C=O) groups is 1. The highest BCUT2D eigenvalue weighted by atomic mass is 32.1. The Bertz CT molecular complexity index is 1010. The van der Waals surface area contributed by atoms with Crippen molar-refractivity contribution < 1.29 is 14.3 Å². The number of methoxy groups -OCH3 is 1. The number of benzene rings is 1. The van der Waals surface area contributed by atoms with E-state index in [1.165, 1.54) is 9.75 Å². The molecule has 146 valence electrons. The molecular weight excluding hydrogens is 392 g/mol.